The second-order valence-corrected chi connectivity index (χ2v) is 3.84. The Hall–Kier alpha value is -1.26. The van der Waals surface area contributed by atoms with Crippen molar-refractivity contribution in [3.63, 3.8) is 0 Å². The smallest absolute Gasteiger partial charge is 0.142 e. The minimum absolute atomic E-state index is 0.675. The Labute approximate surface area is 95.9 Å². The number of nitrogens with two attached hydrogens (primary N) is 1. The van der Waals surface area contributed by atoms with Gasteiger partial charge in [-0.2, -0.15) is 0 Å². The highest BCUT2D eigenvalue weighted by Gasteiger charge is 2.09. The molecule has 0 saturated carbocycles. The van der Waals surface area contributed by atoms with Crippen molar-refractivity contribution in [1.82, 2.24) is 4.90 Å². The summed E-state index contributed by atoms with van der Waals surface area (Å²) in [6, 6.07) is 7.59. The number of para-hydroxylation sites is 2. The first-order valence-corrected chi connectivity index (χ1v) is 5.63. The van der Waals surface area contributed by atoms with Crippen LogP contribution in [0.1, 0.15) is 0 Å². The fourth-order valence-electron chi connectivity index (χ4n) is 1.72. The van der Waals surface area contributed by atoms with E-state index in [1.807, 2.05) is 24.3 Å². The number of ether oxygens (including phenoxy) is 2. The third kappa shape index (κ3) is 3.12. The second kappa shape index (κ2) is 5.72. The number of benzene rings is 1. The molecule has 16 heavy (non-hydrogen) atoms. The van der Waals surface area contributed by atoms with Crippen molar-refractivity contribution in [2.75, 3.05) is 45.2 Å². The highest BCUT2D eigenvalue weighted by molar-refractivity contribution is 5.51. The molecule has 0 aromatic heterocycles. The monoisotopic (exact) mass is 222 g/mol. The Morgan fingerprint density at radius 1 is 1.25 bits per heavy atom. The molecule has 4 heteroatoms. The quantitative estimate of drug-likeness (QED) is 0.771. The number of nitrogens with zero attached hydrogens (tertiary/aromatic N) is 1. The Kier molecular flexibility index (Phi) is 4.02. The van der Waals surface area contributed by atoms with E-state index in [1.165, 1.54) is 0 Å². The number of anilines is 1. The molecule has 1 heterocycles. The predicted molar refractivity (Wildman–Crippen MR) is 63.6 cm³/mol. The summed E-state index contributed by atoms with van der Waals surface area (Å²) in [5.74, 6) is 0.774. The van der Waals surface area contributed by atoms with Crippen molar-refractivity contribution >= 4 is 5.69 Å². The fraction of sp³-hybridized carbons (Fsp3) is 0.500. The molecule has 0 spiro atoms. The maximum Gasteiger partial charge on any atom is 0.142 e. The standard InChI is InChI=1S/C12H18N2O2/c13-11-3-1-2-4-12(11)16-10-7-14-5-8-15-9-6-14/h1-4H,5-10,13H2. The summed E-state index contributed by atoms with van der Waals surface area (Å²) in [6.45, 7) is 5.24. The van der Waals surface area contributed by atoms with Gasteiger partial charge < -0.3 is 15.2 Å². The lowest BCUT2D eigenvalue weighted by Crippen LogP contribution is -2.38. The van der Waals surface area contributed by atoms with Crippen LogP contribution in [0, 0.1) is 0 Å². The lowest BCUT2D eigenvalue weighted by molar-refractivity contribution is 0.0323. The number of hydrogen-bond donors (Lipinski definition) is 1. The van der Waals surface area contributed by atoms with Crippen LogP contribution in [0.15, 0.2) is 24.3 Å². The van der Waals surface area contributed by atoms with Crippen molar-refractivity contribution < 1.29 is 9.47 Å². The van der Waals surface area contributed by atoms with Gasteiger partial charge in [-0.3, -0.25) is 4.90 Å². The predicted octanol–water partition coefficient (Wildman–Crippen LogP) is 0.980. The van der Waals surface area contributed by atoms with E-state index in [0.29, 0.717) is 12.3 Å². The van der Waals surface area contributed by atoms with Crippen LogP contribution in [0.5, 0.6) is 5.75 Å². The average molecular weight is 222 g/mol. The first-order chi connectivity index (χ1) is 7.86. The van der Waals surface area contributed by atoms with E-state index < -0.39 is 0 Å². The molecule has 2 N–H and O–H groups in total. The number of nitrogen functional groups attached to an aromatic ring is 1. The molecule has 0 unspecified atom stereocenters. The van der Waals surface area contributed by atoms with Gasteiger partial charge in [-0.25, -0.2) is 0 Å². The molecule has 88 valence electrons. The number of morpholine rings is 1. The van der Waals surface area contributed by atoms with Gasteiger partial charge >= 0.3 is 0 Å². The van der Waals surface area contributed by atoms with Crippen LogP contribution in [0.4, 0.5) is 5.69 Å². The second-order valence-electron chi connectivity index (χ2n) is 3.84. The van der Waals surface area contributed by atoms with Gasteiger partial charge in [0.1, 0.15) is 12.4 Å². The third-order valence-electron chi connectivity index (χ3n) is 2.69. The summed E-state index contributed by atoms with van der Waals surface area (Å²) >= 11 is 0. The zero-order valence-electron chi connectivity index (χ0n) is 9.39. The number of hydrogen-bond acceptors (Lipinski definition) is 4. The van der Waals surface area contributed by atoms with Gasteiger partial charge in [0.2, 0.25) is 0 Å². The lowest BCUT2D eigenvalue weighted by atomic mass is 10.3. The maximum atomic E-state index is 5.78. The minimum atomic E-state index is 0.675. The highest BCUT2D eigenvalue weighted by Crippen LogP contribution is 2.19. The minimum Gasteiger partial charge on any atom is -0.490 e. The topological polar surface area (TPSA) is 47.7 Å². The van der Waals surface area contributed by atoms with E-state index in [2.05, 4.69) is 4.90 Å². The van der Waals surface area contributed by atoms with Crippen molar-refractivity contribution in [3.8, 4) is 5.75 Å². The fourth-order valence-corrected chi connectivity index (χ4v) is 1.72. The zero-order valence-corrected chi connectivity index (χ0v) is 9.39. The first-order valence-electron chi connectivity index (χ1n) is 5.63. The van der Waals surface area contributed by atoms with E-state index in [4.69, 9.17) is 15.2 Å². The largest absolute Gasteiger partial charge is 0.490 e. The Morgan fingerprint density at radius 3 is 2.75 bits per heavy atom. The zero-order chi connectivity index (χ0) is 11.2. The van der Waals surface area contributed by atoms with Gasteiger partial charge in [-0.1, -0.05) is 12.1 Å². The van der Waals surface area contributed by atoms with E-state index in [0.717, 1.165) is 38.6 Å². The van der Waals surface area contributed by atoms with Crippen LogP contribution in [0.3, 0.4) is 0 Å². The van der Waals surface area contributed by atoms with Gasteiger partial charge in [0.25, 0.3) is 0 Å². The van der Waals surface area contributed by atoms with Gasteiger partial charge in [-0.05, 0) is 12.1 Å². The summed E-state index contributed by atoms with van der Waals surface area (Å²) in [6.07, 6.45) is 0. The summed E-state index contributed by atoms with van der Waals surface area (Å²) < 4.78 is 10.9. The molecule has 0 atom stereocenters. The molecule has 0 amide bonds. The van der Waals surface area contributed by atoms with Crippen molar-refractivity contribution in [2.45, 2.75) is 0 Å². The molecule has 1 saturated heterocycles. The highest BCUT2D eigenvalue weighted by atomic mass is 16.5. The van der Waals surface area contributed by atoms with Gasteiger partial charge in [0.15, 0.2) is 0 Å². The third-order valence-corrected chi connectivity index (χ3v) is 2.69. The number of rotatable bonds is 4. The summed E-state index contributed by atoms with van der Waals surface area (Å²) in [5.41, 5.74) is 6.48. The van der Waals surface area contributed by atoms with Gasteiger partial charge in [0.05, 0.1) is 18.9 Å². The van der Waals surface area contributed by atoms with E-state index in [9.17, 15) is 0 Å². The molecule has 1 aromatic carbocycles. The Balaban J connectivity index is 1.73. The van der Waals surface area contributed by atoms with Crippen molar-refractivity contribution in [1.29, 1.82) is 0 Å². The van der Waals surface area contributed by atoms with Crippen molar-refractivity contribution in [3.05, 3.63) is 24.3 Å². The first kappa shape index (κ1) is 11.2. The van der Waals surface area contributed by atoms with E-state index in [-0.39, 0.29) is 0 Å². The van der Waals surface area contributed by atoms with Gasteiger partial charge in [-0.15, -0.1) is 0 Å². The summed E-state index contributed by atoms with van der Waals surface area (Å²) in [4.78, 5) is 2.34. The molecular formula is C12H18N2O2. The van der Waals surface area contributed by atoms with Crippen LogP contribution in [0.25, 0.3) is 0 Å². The van der Waals surface area contributed by atoms with E-state index in [1.54, 1.807) is 0 Å². The molecule has 1 aromatic rings. The molecule has 4 nitrogen and oxygen atoms in total. The van der Waals surface area contributed by atoms with E-state index >= 15 is 0 Å². The normalized spacial score (nSPS) is 17.2. The average Bonchev–Trinajstić information content (AvgIpc) is 2.33. The summed E-state index contributed by atoms with van der Waals surface area (Å²) in [7, 11) is 0. The van der Waals surface area contributed by atoms with Crippen LogP contribution in [-0.2, 0) is 4.74 Å². The van der Waals surface area contributed by atoms with Crippen LogP contribution in [-0.4, -0.2) is 44.4 Å². The lowest BCUT2D eigenvalue weighted by Gasteiger charge is -2.26. The molecule has 0 aliphatic carbocycles. The molecular weight excluding hydrogens is 204 g/mol. The van der Waals surface area contributed by atoms with Gasteiger partial charge in [0, 0.05) is 19.6 Å². The van der Waals surface area contributed by atoms with Crippen LogP contribution < -0.4 is 10.5 Å². The molecule has 0 radical (unpaired) electrons. The molecule has 1 aliphatic rings. The summed E-state index contributed by atoms with van der Waals surface area (Å²) in [5, 5.41) is 0. The molecule has 1 aliphatic heterocycles. The molecule has 0 bridgehead atoms. The van der Waals surface area contributed by atoms with Crippen molar-refractivity contribution in [2.24, 2.45) is 0 Å². The molecule has 1 fully saturated rings. The Morgan fingerprint density at radius 2 is 2.00 bits per heavy atom. The SMILES string of the molecule is Nc1ccccc1OCCN1CCOCC1. The molecule has 2 rings (SSSR count). The maximum absolute atomic E-state index is 5.78. The Bertz CT molecular complexity index is 325. The van der Waals surface area contributed by atoms with Crippen LogP contribution >= 0.6 is 0 Å². The van der Waals surface area contributed by atoms with Crippen LogP contribution in [0.2, 0.25) is 0 Å².